The van der Waals surface area contributed by atoms with Gasteiger partial charge in [0, 0.05) is 20.1 Å². The molecular formula is C10H21N3O3S. The van der Waals surface area contributed by atoms with E-state index in [0.717, 1.165) is 12.8 Å². The number of hydrogen-bond acceptors (Lipinski definition) is 4. The van der Waals surface area contributed by atoms with Crippen LogP contribution in [0.1, 0.15) is 26.2 Å². The minimum atomic E-state index is -3.47. The molecule has 1 fully saturated rings. The van der Waals surface area contributed by atoms with Gasteiger partial charge in [-0.1, -0.05) is 6.42 Å². The smallest absolute Gasteiger partial charge is 0.238 e. The second kappa shape index (κ2) is 5.79. The molecule has 0 spiro atoms. The van der Waals surface area contributed by atoms with Gasteiger partial charge in [-0.05, 0) is 19.8 Å². The molecule has 2 atom stereocenters. The van der Waals surface area contributed by atoms with Crippen molar-refractivity contribution in [3.05, 3.63) is 0 Å². The summed E-state index contributed by atoms with van der Waals surface area (Å²) in [7, 11) is -1.95. The number of sulfonamides is 1. The van der Waals surface area contributed by atoms with Crippen molar-refractivity contribution in [1.29, 1.82) is 0 Å². The van der Waals surface area contributed by atoms with E-state index in [0.29, 0.717) is 13.0 Å². The summed E-state index contributed by atoms with van der Waals surface area (Å²) < 4.78 is 25.7. The number of amides is 1. The van der Waals surface area contributed by atoms with Crippen LogP contribution in [0.5, 0.6) is 0 Å². The maximum Gasteiger partial charge on any atom is 0.238 e. The fraction of sp³-hybridized carbons (Fsp3) is 0.900. The van der Waals surface area contributed by atoms with Crippen LogP contribution in [0.2, 0.25) is 0 Å². The maximum absolute atomic E-state index is 12.2. The van der Waals surface area contributed by atoms with Crippen LogP contribution < -0.4 is 11.1 Å². The first kappa shape index (κ1) is 14.4. The number of nitrogens with zero attached hydrogens (tertiary/aromatic N) is 1. The van der Waals surface area contributed by atoms with Crippen LogP contribution in [0.15, 0.2) is 0 Å². The SMILES string of the molecule is CNC(=O)C1CCCCN1S(=O)(=O)C(C)CN. The summed E-state index contributed by atoms with van der Waals surface area (Å²) in [6.07, 6.45) is 2.25. The minimum absolute atomic E-state index is 0.0687. The second-order valence-electron chi connectivity index (χ2n) is 4.33. The van der Waals surface area contributed by atoms with Gasteiger partial charge in [-0.25, -0.2) is 8.42 Å². The third-order valence-corrected chi connectivity index (χ3v) is 5.47. The van der Waals surface area contributed by atoms with Gasteiger partial charge < -0.3 is 11.1 Å². The molecule has 1 amide bonds. The molecule has 2 unspecified atom stereocenters. The molecule has 1 aliphatic rings. The Hall–Kier alpha value is -0.660. The van der Waals surface area contributed by atoms with Crippen molar-refractivity contribution in [2.45, 2.75) is 37.5 Å². The van der Waals surface area contributed by atoms with Crippen molar-refractivity contribution in [2.75, 3.05) is 20.1 Å². The zero-order valence-electron chi connectivity index (χ0n) is 10.3. The lowest BCUT2D eigenvalue weighted by Gasteiger charge is -2.34. The van der Waals surface area contributed by atoms with Crippen LogP contribution >= 0.6 is 0 Å². The molecule has 0 bridgehead atoms. The predicted molar refractivity (Wildman–Crippen MR) is 65.8 cm³/mol. The normalized spacial score (nSPS) is 24.3. The summed E-state index contributed by atoms with van der Waals surface area (Å²) in [5, 5.41) is 1.87. The summed E-state index contributed by atoms with van der Waals surface area (Å²) in [6, 6.07) is -0.576. The summed E-state index contributed by atoms with van der Waals surface area (Å²) in [5.41, 5.74) is 5.41. The van der Waals surface area contributed by atoms with Crippen molar-refractivity contribution < 1.29 is 13.2 Å². The molecule has 1 aliphatic heterocycles. The molecule has 6 nitrogen and oxygen atoms in total. The molecule has 0 saturated carbocycles. The van der Waals surface area contributed by atoms with Gasteiger partial charge in [-0.2, -0.15) is 4.31 Å². The number of rotatable bonds is 4. The Bertz CT molecular complexity index is 369. The monoisotopic (exact) mass is 263 g/mol. The summed E-state index contributed by atoms with van der Waals surface area (Å²) in [6.45, 7) is 2.05. The fourth-order valence-electron chi connectivity index (χ4n) is 1.99. The van der Waals surface area contributed by atoms with E-state index in [1.165, 1.54) is 11.4 Å². The molecule has 1 saturated heterocycles. The molecule has 0 aromatic carbocycles. The van der Waals surface area contributed by atoms with Gasteiger partial charge in [0.25, 0.3) is 0 Å². The van der Waals surface area contributed by atoms with Crippen LogP contribution in [0.3, 0.4) is 0 Å². The number of nitrogens with one attached hydrogen (secondary N) is 1. The van der Waals surface area contributed by atoms with Gasteiger partial charge in [-0.3, -0.25) is 4.79 Å². The van der Waals surface area contributed by atoms with Gasteiger partial charge in [-0.15, -0.1) is 0 Å². The molecule has 1 heterocycles. The van der Waals surface area contributed by atoms with Gasteiger partial charge in [0.2, 0.25) is 15.9 Å². The van der Waals surface area contributed by atoms with Crippen molar-refractivity contribution in [3.8, 4) is 0 Å². The third-order valence-electron chi connectivity index (χ3n) is 3.17. The average molecular weight is 263 g/mol. The van der Waals surface area contributed by atoms with Crippen molar-refractivity contribution in [3.63, 3.8) is 0 Å². The number of likely N-dealkylation sites (N-methyl/N-ethyl adjacent to an activating group) is 1. The van der Waals surface area contributed by atoms with E-state index in [-0.39, 0.29) is 12.5 Å². The minimum Gasteiger partial charge on any atom is -0.358 e. The van der Waals surface area contributed by atoms with E-state index in [9.17, 15) is 13.2 Å². The molecule has 0 aromatic rings. The maximum atomic E-state index is 12.2. The lowest BCUT2D eigenvalue weighted by Crippen LogP contribution is -2.54. The molecular weight excluding hydrogens is 242 g/mol. The Labute approximate surface area is 103 Å². The summed E-state index contributed by atoms with van der Waals surface area (Å²) >= 11 is 0. The molecule has 17 heavy (non-hydrogen) atoms. The lowest BCUT2D eigenvalue weighted by atomic mass is 10.0. The van der Waals surface area contributed by atoms with Gasteiger partial charge in [0.15, 0.2) is 0 Å². The standard InChI is InChI=1S/C10H21N3O3S/c1-8(7-11)17(15,16)13-6-4-3-5-9(13)10(14)12-2/h8-9H,3-7,11H2,1-2H3,(H,12,14). The van der Waals surface area contributed by atoms with Crippen LogP contribution in [0, 0.1) is 0 Å². The first-order valence-corrected chi connectivity index (χ1v) is 7.37. The topological polar surface area (TPSA) is 92.5 Å². The zero-order valence-corrected chi connectivity index (χ0v) is 11.2. The molecule has 1 rings (SSSR count). The first-order chi connectivity index (χ1) is 7.95. The van der Waals surface area contributed by atoms with Crippen LogP contribution in [-0.4, -0.2) is 50.1 Å². The number of carbonyl (C=O) groups excluding carboxylic acids is 1. The highest BCUT2D eigenvalue weighted by Crippen LogP contribution is 2.22. The van der Waals surface area contributed by atoms with Gasteiger partial charge >= 0.3 is 0 Å². The van der Waals surface area contributed by atoms with Crippen molar-refractivity contribution >= 4 is 15.9 Å². The zero-order chi connectivity index (χ0) is 13.1. The molecule has 3 N–H and O–H groups in total. The van der Waals surface area contributed by atoms with E-state index >= 15 is 0 Å². The van der Waals surface area contributed by atoms with Crippen molar-refractivity contribution in [2.24, 2.45) is 5.73 Å². The highest BCUT2D eigenvalue weighted by molar-refractivity contribution is 7.89. The third kappa shape index (κ3) is 2.97. The fourth-order valence-corrected chi connectivity index (χ4v) is 3.64. The lowest BCUT2D eigenvalue weighted by molar-refractivity contribution is -0.125. The highest BCUT2D eigenvalue weighted by Gasteiger charge is 2.38. The van der Waals surface area contributed by atoms with E-state index < -0.39 is 21.3 Å². The molecule has 0 aliphatic carbocycles. The van der Waals surface area contributed by atoms with E-state index in [2.05, 4.69) is 5.32 Å². The molecule has 0 radical (unpaired) electrons. The highest BCUT2D eigenvalue weighted by atomic mass is 32.2. The summed E-state index contributed by atoms with van der Waals surface area (Å²) in [4.78, 5) is 11.7. The van der Waals surface area contributed by atoms with Gasteiger partial charge in [0.1, 0.15) is 6.04 Å². The molecule has 7 heteroatoms. The van der Waals surface area contributed by atoms with Crippen LogP contribution in [0.25, 0.3) is 0 Å². The Kier molecular flexibility index (Phi) is 4.91. The molecule has 100 valence electrons. The van der Waals surface area contributed by atoms with Crippen LogP contribution in [0.4, 0.5) is 0 Å². The Morgan fingerprint density at radius 2 is 2.18 bits per heavy atom. The van der Waals surface area contributed by atoms with E-state index in [1.807, 2.05) is 0 Å². The van der Waals surface area contributed by atoms with Crippen LogP contribution in [-0.2, 0) is 14.8 Å². The van der Waals surface area contributed by atoms with Crippen molar-refractivity contribution in [1.82, 2.24) is 9.62 Å². The van der Waals surface area contributed by atoms with Gasteiger partial charge in [0.05, 0.1) is 5.25 Å². The van der Waals surface area contributed by atoms with E-state index in [4.69, 9.17) is 5.73 Å². The quantitative estimate of drug-likeness (QED) is 0.699. The predicted octanol–water partition coefficient (Wildman–Crippen LogP) is -0.736. The Balaban J connectivity index is 2.96. The second-order valence-corrected chi connectivity index (χ2v) is 6.63. The number of nitrogens with two attached hydrogens (primary N) is 1. The Morgan fingerprint density at radius 3 is 2.71 bits per heavy atom. The number of carbonyl (C=O) groups is 1. The largest absolute Gasteiger partial charge is 0.358 e. The number of hydrogen-bond donors (Lipinski definition) is 2. The Morgan fingerprint density at radius 1 is 1.53 bits per heavy atom. The number of piperidine rings is 1. The molecule has 0 aromatic heterocycles. The van der Waals surface area contributed by atoms with E-state index in [1.54, 1.807) is 6.92 Å². The average Bonchev–Trinajstić information content (AvgIpc) is 2.36. The summed E-state index contributed by atoms with van der Waals surface area (Å²) in [5.74, 6) is -0.238. The first-order valence-electron chi connectivity index (χ1n) is 5.87.